The minimum Gasteiger partial charge on any atom is -0.393 e. The molecule has 3 rings (SSSR count). The first-order valence-electron chi connectivity index (χ1n) is 9.73. The molecule has 0 saturated carbocycles. The number of hydrogen-bond donors (Lipinski definition) is 1. The van der Waals surface area contributed by atoms with Gasteiger partial charge < -0.3 is 5.11 Å². The quantitative estimate of drug-likeness (QED) is 0.639. The van der Waals surface area contributed by atoms with Gasteiger partial charge in [0, 0.05) is 5.54 Å². The van der Waals surface area contributed by atoms with Crippen molar-refractivity contribution in [1.82, 2.24) is 0 Å². The highest BCUT2D eigenvalue weighted by atomic mass is 28.3. The maximum Gasteiger partial charge on any atom is 0.133 e. The molecular weight excluding hydrogens is 344 g/mol. The monoisotopic (exact) mass is 374 g/mol. The summed E-state index contributed by atoms with van der Waals surface area (Å²) in [5, 5.41) is 13.9. The van der Waals surface area contributed by atoms with E-state index in [1.54, 1.807) is 0 Å². The van der Waals surface area contributed by atoms with E-state index in [1.807, 2.05) is 13.0 Å². The number of benzene rings is 3. The van der Waals surface area contributed by atoms with Gasteiger partial charge in [0.25, 0.3) is 0 Å². The van der Waals surface area contributed by atoms with Gasteiger partial charge in [-0.05, 0) is 17.5 Å². The van der Waals surface area contributed by atoms with Gasteiger partial charge in [0.15, 0.2) is 0 Å². The van der Waals surface area contributed by atoms with Crippen molar-refractivity contribution in [3.05, 3.63) is 96.6 Å². The second-order valence-corrected chi connectivity index (χ2v) is 13.3. The summed E-state index contributed by atoms with van der Waals surface area (Å²) in [5.41, 5.74) is 1.28. The van der Waals surface area contributed by atoms with Crippen molar-refractivity contribution in [2.75, 3.05) is 0 Å². The van der Waals surface area contributed by atoms with E-state index in [0.717, 1.165) is 0 Å². The highest BCUT2D eigenvalue weighted by Gasteiger charge is 2.54. The van der Waals surface area contributed by atoms with Crippen LogP contribution in [-0.4, -0.2) is 19.3 Å². The lowest BCUT2D eigenvalue weighted by molar-refractivity contribution is 0.185. The second-order valence-electron chi connectivity index (χ2n) is 8.42. The Hall–Kier alpha value is -2.16. The molecule has 0 heterocycles. The van der Waals surface area contributed by atoms with Crippen LogP contribution < -0.4 is 10.4 Å². The molecular formula is C25H30OSi. The maximum atomic E-state index is 11.1. The van der Waals surface area contributed by atoms with Crippen LogP contribution in [0.15, 0.2) is 91.0 Å². The summed E-state index contributed by atoms with van der Waals surface area (Å²) in [6.45, 7) is 8.99. The summed E-state index contributed by atoms with van der Waals surface area (Å²) in [5.74, 6) is 0. The smallest absolute Gasteiger partial charge is 0.133 e. The highest BCUT2D eigenvalue weighted by Crippen LogP contribution is 2.45. The largest absolute Gasteiger partial charge is 0.393 e. The summed E-state index contributed by atoms with van der Waals surface area (Å²) in [4.78, 5) is 0. The minimum atomic E-state index is -2.43. The van der Waals surface area contributed by atoms with E-state index in [0.29, 0.717) is 0 Å². The Morgan fingerprint density at radius 2 is 1.04 bits per heavy atom. The fourth-order valence-electron chi connectivity index (χ4n) is 4.81. The van der Waals surface area contributed by atoms with Gasteiger partial charge in [-0.1, -0.05) is 122 Å². The summed E-state index contributed by atoms with van der Waals surface area (Å²) >= 11 is 0. The second kappa shape index (κ2) is 7.83. The molecule has 0 aliphatic heterocycles. The van der Waals surface area contributed by atoms with E-state index in [4.69, 9.17) is 0 Å². The summed E-state index contributed by atoms with van der Waals surface area (Å²) in [6.07, 6.45) is -0.446. The third-order valence-electron chi connectivity index (χ3n) is 5.75. The van der Waals surface area contributed by atoms with Crippen molar-refractivity contribution >= 4 is 18.4 Å². The van der Waals surface area contributed by atoms with Crippen LogP contribution in [-0.2, 0) is 0 Å². The van der Waals surface area contributed by atoms with Gasteiger partial charge in [-0.25, -0.2) is 0 Å². The average Bonchev–Trinajstić information content (AvgIpc) is 2.66. The number of hydrogen-bond acceptors (Lipinski definition) is 1. The Morgan fingerprint density at radius 3 is 1.37 bits per heavy atom. The summed E-state index contributed by atoms with van der Waals surface area (Å²) < 4.78 is 0. The fourth-order valence-corrected chi connectivity index (χ4v) is 11.4. The molecule has 0 spiro atoms. The minimum absolute atomic E-state index is 0.00715. The van der Waals surface area contributed by atoms with Crippen molar-refractivity contribution in [2.24, 2.45) is 0 Å². The lowest BCUT2D eigenvalue weighted by atomic mass is 10.1. The molecule has 0 unspecified atom stereocenters. The summed E-state index contributed by atoms with van der Waals surface area (Å²) in [7, 11) is -2.43. The van der Waals surface area contributed by atoms with E-state index in [1.165, 1.54) is 15.9 Å². The molecule has 2 heteroatoms. The predicted molar refractivity (Wildman–Crippen MR) is 118 cm³/mol. The number of rotatable bonds is 5. The topological polar surface area (TPSA) is 20.2 Å². The molecule has 0 saturated heterocycles. The van der Waals surface area contributed by atoms with E-state index in [2.05, 4.69) is 106 Å². The lowest BCUT2D eigenvalue weighted by Gasteiger charge is -2.50. The van der Waals surface area contributed by atoms with Gasteiger partial charge in [0.1, 0.15) is 8.07 Å². The van der Waals surface area contributed by atoms with Crippen LogP contribution >= 0.6 is 0 Å². The molecule has 0 fully saturated rings. The fraction of sp³-hybridized carbons (Fsp3) is 0.280. The Labute approximate surface area is 164 Å². The van der Waals surface area contributed by atoms with Crippen molar-refractivity contribution < 1.29 is 5.11 Å². The summed E-state index contributed by atoms with van der Waals surface area (Å²) in [6, 6.07) is 32.3. The van der Waals surface area contributed by atoms with Crippen LogP contribution in [0.5, 0.6) is 0 Å². The maximum absolute atomic E-state index is 11.1. The number of aliphatic hydroxyl groups is 1. The molecule has 3 aromatic rings. The van der Waals surface area contributed by atoms with E-state index < -0.39 is 14.2 Å². The van der Waals surface area contributed by atoms with Gasteiger partial charge in [-0.15, -0.1) is 0 Å². The van der Waals surface area contributed by atoms with E-state index in [9.17, 15) is 5.11 Å². The van der Waals surface area contributed by atoms with Crippen LogP contribution in [0, 0.1) is 0 Å². The van der Waals surface area contributed by atoms with Crippen molar-refractivity contribution in [3.8, 4) is 0 Å². The first-order valence-corrected chi connectivity index (χ1v) is 11.8. The first-order chi connectivity index (χ1) is 12.9. The van der Waals surface area contributed by atoms with Crippen LogP contribution in [0.25, 0.3) is 0 Å². The van der Waals surface area contributed by atoms with Crippen molar-refractivity contribution in [3.63, 3.8) is 0 Å². The Morgan fingerprint density at radius 1 is 0.667 bits per heavy atom. The average molecular weight is 375 g/mol. The van der Waals surface area contributed by atoms with Crippen LogP contribution in [0.2, 0.25) is 5.04 Å². The molecule has 3 aromatic carbocycles. The molecule has 1 nitrogen and oxygen atoms in total. The first kappa shape index (κ1) is 19.6. The third-order valence-corrected chi connectivity index (χ3v) is 12.4. The highest BCUT2D eigenvalue weighted by molar-refractivity contribution is 7.05. The molecule has 0 aromatic heterocycles. The lowest BCUT2D eigenvalue weighted by Crippen LogP contribution is -2.70. The van der Waals surface area contributed by atoms with E-state index in [-0.39, 0.29) is 10.6 Å². The van der Waals surface area contributed by atoms with Gasteiger partial charge in [0.05, 0.1) is 6.10 Å². The van der Waals surface area contributed by atoms with Crippen LogP contribution in [0.1, 0.15) is 38.8 Å². The molecule has 0 bridgehead atoms. The Bertz CT molecular complexity index is 796. The van der Waals surface area contributed by atoms with Gasteiger partial charge in [0.2, 0.25) is 0 Å². The molecule has 2 atom stereocenters. The zero-order valence-corrected chi connectivity index (χ0v) is 17.8. The molecule has 0 radical (unpaired) electrons. The van der Waals surface area contributed by atoms with Crippen LogP contribution in [0.4, 0.5) is 0 Å². The molecule has 1 N–H and O–H groups in total. The normalized spacial score (nSPS) is 14.6. The molecule has 0 aliphatic carbocycles. The van der Waals surface area contributed by atoms with E-state index >= 15 is 0 Å². The molecule has 140 valence electrons. The SMILES string of the molecule is C[C@H](O)[C@@H](c1ccccc1)[Si](c1ccccc1)(c1ccccc1)C(C)(C)C. The number of aliphatic hydroxyl groups excluding tert-OH is 1. The van der Waals surface area contributed by atoms with Crippen molar-refractivity contribution in [2.45, 2.75) is 44.4 Å². The Kier molecular flexibility index (Phi) is 5.68. The van der Waals surface area contributed by atoms with Gasteiger partial charge in [-0.3, -0.25) is 0 Å². The standard InChI is InChI=1S/C25H30OSi/c1-20(26)24(21-14-8-5-9-15-21)27(25(2,3)4,22-16-10-6-11-17-22)23-18-12-7-13-19-23/h5-20,24,26H,1-4H3/t20-,24-/m0/s1. The zero-order chi connectivity index (χ0) is 19.5. The van der Waals surface area contributed by atoms with Gasteiger partial charge in [-0.2, -0.15) is 0 Å². The van der Waals surface area contributed by atoms with Crippen molar-refractivity contribution in [1.29, 1.82) is 0 Å². The predicted octanol–water partition coefficient (Wildman–Crippen LogP) is 4.75. The molecule has 0 aliphatic rings. The Balaban J connectivity index is 2.42. The molecule has 27 heavy (non-hydrogen) atoms. The van der Waals surface area contributed by atoms with Gasteiger partial charge >= 0.3 is 0 Å². The molecule has 0 amide bonds. The third kappa shape index (κ3) is 3.52. The van der Waals surface area contributed by atoms with Crippen LogP contribution in [0.3, 0.4) is 0 Å². The zero-order valence-electron chi connectivity index (χ0n) is 16.8.